The van der Waals surface area contributed by atoms with Gasteiger partial charge in [-0.1, -0.05) is 11.6 Å². The lowest BCUT2D eigenvalue weighted by atomic mass is 10.1. The summed E-state index contributed by atoms with van der Waals surface area (Å²) < 4.78 is 34.3. The molecule has 0 spiro atoms. The summed E-state index contributed by atoms with van der Waals surface area (Å²) in [6.07, 6.45) is 0. The van der Waals surface area contributed by atoms with Crippen LogP contribution in [0.4, 0.5) is 5.82 Å². The molecule has 0 atom stereocenters. The van der Waals surface area contributed by atoms with Gasteiger partial charge in [0, 0.05) is 25.2 Å². The van der Waals surface area contributed by atoms with Crippen LogP contribution < -0.4 is 9.64 Å². The molecule has 0 radical (unpaired) electrons. The van der Waals surface area contributed by atoms with Crippen LogP contribution in [0.1, 0.15) is 5.82 Å². The number of aryl methyl sites for hydroxylation is 1. The van der Waals surface area contributed by atoms with Crippen LogP contribution in [0.15, 0.2) is 35.2 Å². The van der Waals surface area contributed by atoms with Crippen LogP contribution >= 0.6 is 11.6 Å². The molecule has 11 heteroatoms. The smallest absolute Gasteiger partial charge is 0.246 e. The SMILES string of the molecule is COc1ccc(Cl)cc1S(=O)(=O)N(C)C1CN(c2ccc3nnc(C)n3n2)C1. The van der Waals surface area contributed by atoms with E-state index < -0.39 is 10.0 Å². The molecule has 1 fully saturated rings. The topological polar surface area (TPSA) is 92.9 Å². The Bertz CT molecular complexity index is 1140. The fourth-order valence-electron chi connectivity index (χ4n) is 3.13. The van der Waals surface area contributed by atoms with Crippen molar-refractivity contribution in [3.8, 4) is 5.75 Å². The molecule has 3 aromatic rings. The summed E-state index contributed by atoms with van der Waals surface area (Å²) in [6.45, 7) is 2.88. The molecule has 1 aliphatic heterocycles. The molecule has 0 amide bonds. The Morgan fingerprint density at radius 1 is 1.21 bits per heavy atom. The van der Waals surface area contributed by atoms with Crippen LogP contribution in [-0.2, 0) is 10.0 Å². The van der Waals surface area contributed by atoms with Crippen molar-refractivity contribution in [3.63, 3.8) is 0 Å². The summed E-state index contributed by atoms with van der Waals surface area (Å²) in [7, 11) is -0.750. The fraction of sp³-hybridized carbons (Fsp3) is 0.353. The Morgan fingerprint density at radius 3 is 2.68 bits per heavy atom. The van der Waals surface area contributed by atoms with Gasteiger partial charge in [0.05, 0.1) is 13.2 Å². The van der Waals surface area contributed by atoms with Crippen molar-refractivity contribution in [3.05, 3.63) is 41.2 Å². The quantitative estimate of drug-likeness (QED) is 0.616. The van der Waals surface area contributed by atoms with Gasteiger partial charge in [-0.25, -0.2) is 8.42 Å². The summed E-state index contributed by atoms with van der Waals surface area (Å²) in [4.78, 5) is 2.06. The maximum Gasteiger partial charge on any atom is 0.246 e. The van der Waals surface area contributed by atoms with Crippen LogP contribution in [0.5, 0.6) is 5.75 Å². The monoisotopic (exact) mass is 422 g/mol. The third-order valence-electron chi connectivity index (χ3n) is 4.89. The average Bonchev–Trinajstić information content (AvgIpc) is 3.01. The van der Waals surface area contributed by atoms with E-state index in [4.69, 9.17) is 16.3 Å². The lowest BCUT2D eigenvalue weighted by Gasteiger charge is -2.43. The number of rotatable bonds is 5. The van der Waals surface area contributed by atoms with E-state index >= 15 is 0 Å². The van der Waals surface area contributed by atoms with E-state index in [-0.39, 0.29) is 16.7 Å². The Hall–Kier alpha value is -2.43. The molecule has 1 saturated heterocycles. The first-order valence-electron chi connectivity index (χ1n) is 8.57. The van der Waals surface area contributed by atoms with Crippen molar-refractivity contribution >= 4 is 33.1 Å². The van der Waals surface area contributed by atoms with Crippen LogP contribution in [0.2, 0.25) is 5.02 Å². The highest BCUT2D eigenvalue weighted by atomic mass is 35.5. The molecular formula is C17H19ClN6O3S. The Labute approximate surface area is 167 Å². The van der Waals surface area contributed by atoms with Crippen molar-refractivity contribution in [1.82, 2.24) is 24.1 Å². The highest BCUT2D eigenvalue weighted by molar-refractivity contribution is 7.89. The molecule has 9 nitrogen and oxygen atoms in total. The van der Waals surface area contributed by atoms with E-state index in [1.807, 2.05) is 24.0 Å². The first-order valence-corrected chi connectivity index (χ1v) is 10.4. The number of anilines is 1. The minimum atomic E-state index is -3.75. The predicted octanol–water partition coefficient (Wildman–Crippen LogP) is 1.60. The minimum absolute atomic E-state index is 0.0584. The second-order valence-corrected chi connectivity index (χ2v) is 8.99. The average molecular weight is 423 g/mol. The lowest BCUT2D eigenvalue weighted by molar-refractivity contribution is 0.307. The summed E-state index contributed by atoms with van der Waals surface area (Å²) in [5.41, 5.74) is 0.672. The summed E-state index contributed by atoms with van der Waals surface area (Å²) in [6, 6.07) is 8.07. The van der Waals surface area contributed by atoms with Gasteiger partial charge in [-0.15, -0.1) is 15.3 Å². The normalized spacial score (nSPS) is 15.2. The third kappa shape index (κ3) is 3.07. The molecule has 0 aliphatic carbocycles. The van der Waals surface area contributed by atoms with E-state index in [0.29, 0.717) is 29.6 Å². The number of halogens is 1. The molecule has 1 aromatic carbocycles. The highest BCUT2D eigenvalue weighted by Gasteiger charge is 2.38. The summed E-state index contributed by atoms with van der Waals surface area (Å²) >= 11 is 6.00. The van der Waals surface area contributed by atoms with Gasteiger partial charge in [-0.05, 0) is 37.3 Å². The van der Waals surface area contributed by atoms with Gasteiger partial charge in [0.2, 0.25) is 10.0 Å². The van der Waals surface area contributed by atoms with Crippen molar-refractivity contribution < 1.29 is 13.2 Å². The zero-order valence-electron chi connectivity index (χ0n) is 15.6. The van der Waals surface area contributed by atoms with Crippen LogP contribution in [0.3, 0.4) is 0 Å². The van der Waals surface area contributed by atoms with Gasteiger partial charge in [-0.2, -0.15) is 8.82 Å². The zero-order chi connectivity index (χ0) is 20.1. The van der Waals surface area contributed by atoms with Gasteiger partial charge in [0.15, 0.2) is 11.5 Å². The molecule has 4 rings (SSSR count). The minimum Gasteiger partial charge on any atom is -0.495 e. The lowest BCUT2D eigenvalue weighted by Crippen LogP contribution is -2.60. The molecule has 148 valence electrons. The second-order valence-electron chi connectivity index (χ2n) is 6.58. The number of methoxy groups -OCH3 is 1. The van der Waals surface area contributed by atoms with Crippen molar-refractivity contribution in [1.29, 1.82) is 0 Å². The van der Waals surface area contributed by atoms with E-state index in [9.17, 15) is 8.42 Å². The van der Waals surface area contributed by atoms with E-state index in [1.54, 1.807) is 23.7 Å². The van der Waals surface area contributed by atoms with Crippen LogP contribution in [0, 0.1) is 6.92 Å². The molecule has 0 N–H and O–H groups in total. The maximum atomic E-state index is 13.1. The molecule has 0 unspecified atom stereocenters. The third-order valence-corrected chi connectivity index (χ3v) is 7.05. The summed E-state index contributed by atoms with van der Waals surface area (Å²) in [5, 5.41) is 12.9. The number of nitrogens with zero attached hydrogens (tertiary/aromatic N) is 6. The van der Waals surface area contributed by atoms with Gasteiger partial charge in [0.25, 0.3) is 0 Å². The second kappa shape index (κ2) is 6.87. The number of sulfonamides is 1. The van der Waals surface area contributed by atoms with Crippen LogP contribution in [-0.4, -0.2) is 65.8 Å². The molecule has 3 heterocycles. The van der Waals surface area contributed by atoms with Gasteiger partial charge in [-0.3, -0.25) is 0 Å². The number of hydrogen-bond acceptors (Lipinski definition) is 7. The Balaban J connectivity index is 1.53. The van der Waals surface area contributed by atoms with E-state index in [1.165, 1.54) is 17.5 Å². The molecule has 28 heavy (non-hydrogen) atoms. The Kier molecular flexibility index (Phi) is 4.64. The van der Waals surface area contributed by atoms with Gasteiger partial charge < -0.3 is 9.64 Å². The van der Waals surface area contributed by atoms with Crippen molar-refractivity contribution in [2.24, 2.45) is 0 Å². The van der Waals surface area contributed by atoms with Crippen LogP contribution in [0.25, 0.3) is 5.65 Å². The summed E-state index contributed by atoms with van der Waals surface area (Å²) in [5.74, 6) is 1.71. The first kappa shape index (κ1) is 18.9. The first-order chi connectivity index (χ1) is 13.3. The van der Waals surface area contributed by atoms with Crippen molar-refractivity contribution in [2.75, 3.05) is 32.1 Å². The number of fused-ring (bicyclic) bond motifs is 1. The largest absolute Gasteiger partial charge is 0.495 e. The number of aromatic nitrogens is 4. The number of hydrogen-bond donors (Lipinski definition) is 0. The van der Waals surface area contributed by atoms with E-state index in [2.05, 4.69) is 15.3 Å². The number of likely N-dealkylation sites (N-methyl/N-ethyl adjacent to an activating group) is 1. The molecular weight excluding hydrogens is 404 g/mol. The molecule has 0 saturated carbocycles. The fourth-order valence-corrected chi connectivity index (χ4v) is 4.89. The standard InChI is InChI=1S/C17H19ClN6O3S/c1-11-19-20-16-6-7-17(21-24(11)16)23-9-13(10-23)22(2)28(25,26)15-8-12(18)4-5-14(15)27-3/h4-8,13H,9-10H2,1-3H3. The zero-order valence-corrected chi connectivity index (χ0v) is 17.1. The maximum absolute atomic E-state index is 13.1. The predicted molar refractivity (Wildman–Crippen MR) is 104 cm³/mol. The highest BCUT2D eigenvalue weighted by Crippen LogP contribution is 2.32. The molecule has 0 bridgehead atoms. The Morgan fingerprint density at radius 2 is 1.96 bits per heavy atom. The molecule has 2 aromatic heterocycles. The van der Waals surface area contributed by atoms with E-state index in [0.717, 1.165) is 5.82 Å². The molecule has 1 aliphatic rings. The van der Waals surface area contributed by atoms with Crippen molar-refractivity contribution in [2.45, 2.75) is 17.9 Å². The number of ether oxygens (including phenoxy) is 1. The number of benzene rings is 1. The van der Waals surface area contributed by atoms with Gasteiger partial charge in [0.1, 0.15) is 16.5 Å². The van der Waals surface area contributed by atoms with Gasteiger partial charge >= 0.3 is 0 Å².